The van der Waals surface area contributed by atoms with Crippen molar-refractivity contribution in [1.29, 1.82) is 0 Å². The largest absolute Gasteiger partial charge is 0.369 e. The molecule has 0 saturated carbocycles. The number of aromatic nitrogens is 4. The van der Waals surface area contributed by atoms with Crippen molar-refractivity contribution in [2.24, 2.45) is 5.73 Å². The molecule has 2 rings (SSSR count). The number of nitrogens with zero attached hydrogens (tertiary/aromatic N) is 4. The van der Waals surface area contributed by atoms with E-state index >= 15 is 0 Å². The lowest BCUT2D eigenvalue weighted by Gasteiger charge is -2.07. The normalized spacial score (nSPS) is 10.5. The minimum absolute atomic E-state index is 0.572. The van der Waals surface area contributed by atoms with Crippen molar-refractivity contribution in [3.05, 3.63) is 30.1 Å². The molecule has 17 heavy (non-hydrogen) atoms. The van der Waals surface area contributed by atoms with Crippen LogP contribution in [-0.2, 0) is 0 Å². The van der Waals surface area contributed by atoms with Gasteiger partial charge < -0.3 is 11.1 Å². The van der Waals surface area contributed by atoms with Crippen LogP contribution < -0.4 is 11.1 Å². The standard InChI is InChI=1S/C11H16N6/c1-8-9(2)17(7-16-8)11-5-10(13-4-3-12)14-6-15-11/h5-7H,3-4,12H2,1-2H3,(H,13,14,15). The fourth-order valence-electron chi connectivity index (χ4n) is 1.51. The minimum atomic E-state index is 0.572. The topological polar surface area (TPSA) is 81.7 Å². The molecule has 0 saturated heterocycles. The van der Waals surface area contributed by atoms with Gasteiger partial charge in [0.05, 0.1) is 5.69 Å². The van der Waals surface area contributed by atoms with Gasteiger partial charge in [-0.1, -0.05) is 0 Å². The van der Waals surface area contributed by atoms with Crippen molar-refractivity contribution < 1.29 is 0 Å². The lowest BCUT2D eigenvalue weighted by molar-refractivity contribution is 0.928. The smallest absolute Gasteiger partial charge is 0.143 e. The van der Waals surface area contributed by atoms with Gasteiger partial charge in [0, 0.05) is 24.8 Å². The Morgan fingerprint density at radius 1 is 1.29 bits per heavy atom. The third-order valence-corrected chi connectivity index (χ3v) is 2.60. The van der Waals surface area contributed by atoms with Crippen LogP contribution >= 0.6 is 0 Å². The molecule has 0 fully saturated rings. The highest BCUT2D eigenvalue weighted by atomic mass is 15.1. The summed E-state index contributed by atoms with van der Waals surface area (Å²) < 4.78 is 1.94. The number of hydrogen-bond acceptors (Lipinski definition) is 5. The zero-order valence-corrected chi connectivity index (χ0v) is 10.0. The van der Waals surface area contributed by atoms with Crippen LogP contribution in [0.3, 0.4) is 0 Å². The molecule has 0 aliphatic heterocycles. The second kappa shape index (κ2) is 4.92. The second-order valence-electron chi connectivity index (χ2n) is 3.76. The van der Waals surface area contributed by atoms with Gasteiger partial charge in [0.2, 0.25) is 0 Å². The Bertz CT molecular complexity index is 504. The van der Waals surface area contributed by atoms with Gasteiger partial charge in [0.25, 0.3) is 0 Å². The molecule has 2 heterocycles. The highest BCUT2D eigenvalue weighted by Gasteiger charge is 2.06. The van der Waals surface area contributed by atoms with Crippen molar-refractivity contribution in [2.75, 3.05) is 18.4 Å². The highest BCUT2D eigenvalue weighted by Crippen LogP contribution is 2.13. The molecule has 0 aliphatic carbocycles. The molecule has 0 radical (unpaired) electrons. The molecule has 6 nitrogen and oxygen atoms in total. The third-order valence-electron chi connectivity index (χ3n) is 2.60. The van der Waals surface area contributed by atoms with E-state index in [1.165, 1.54) is 6.33 Å². The van der Waals surface area contributed by atoms with Gasteiger partial charge in [-0.3, -0.25) is 4.57 Å². The summed E-state index contributed by atoms with van der Waals surface area (Å²) in [6.45, 7) is 5.25. The molecule has 2 aromatic rings. The molecule has 0 unspecified atom stereocenters. The van der Waals surface area contributed by atoms with Crippen LogP contribution in [0.2, 0.25) is 0 Å². The molecular weight excluding hydrogens is 216 g/mol. The molecule has 0 spiro atoms. The maximum atomic E-state index is 5.43. The van der Waals surface area contributed by atoms with E-state index in [9.17, 15) is 0 Å². The Labute approximate surface area is 99.9 Å². The summed E-state index contributed by atoms with van der Waals surface area (Å²) in [6.07, 6.45) is 3.29. The minimum Gasteiger partial charge on any atom is -0.369 e. The van der Waals surface area contributed by atoms with Gasteiger partial charge in [-0.05, 0) is 13.8 Å². The summed E-state index contributed by atoms with van der Waals surface area (Å²) in [5.74, 6) is 1.57. The maximum Gasteiger partial charge on any atom is 0.143 e. The lowest BCUT2D eigenvalue weighted by Crippen LogP contribution is -2.14. The van der Waals surface area contributed by atoms with Gasteiger partial charge in [0.1, 0.15) is 24.3 Å². The Hall–Kier alpha value is -1.95. The van der Waals surface area contributed by atoms with Crippen molar-refractivity contribution >= 4 is 5.82 Å². The number of nitrogens with two attached hydrogens (primary N) is 1. The number of rotatable bonds is 4. The van der Waals surface area contributed by atoms with Crippen molar-refractivity contribution in [2.45, 2.75) is 13.8 Å². The second-order valence-corrected chi connectivity index (χ2v) is 3.76. The molecule has 6 heteroatoms. The summed E-state index contributed by atoms with van der Waals surface area (Å²) in [5.41, 5.74) is 7.51. The van der Waals surface area contributed by atoms with Crippen molar-refractivity contribution in [1.82, 2.24) is 19.5 Å². The Morgan fingerprint density at radius 2 is 2.12 bits per heavy atom. The first-order chi connectivity index (χ1) is 8.22. The van der Waals surface area contributed by atoms with E-state index in [2.05, 4.69) is 20.3 Å². The zero-order chi connectivity index (χ0) is 12.3. The van der Waals surface area contributed by atoms with Crippen LogP contribution in [0.1, 0.15) is 11.4 Å². The average molecular weight is 232 g/mol. The van der Waals surface area contributed by atoms with Crippen LogP contribution in [0.25, 0.3) is 5.82 Å². The Morgan fingerprint density at radius 3 is 2.76 bits per heavy atom. The van der Waals surface area contributed by atoms with Gasteiger partial charge in [0.15, 0.2) is 0 Å². The monoisotopic (exact) mass is 232 g/mol. The quantitative estimate of drug-likeness (QED) is 0.808. The van der Waals surface area contributed by atoms with E-state index in [1.54, 1.807) is 6.33 Å². The Kier molecular flexibility index (Phi) is 3.34. The number of imidazole rings is 1. The SMILES string of the molecule is Cc1ncn(-c2cc(NCCN)ncn2)c1C. The Balaban J connectivity index is 2.30. The van der Waals surface area contributed by atoms with Crippen LogP contribution in [0, 0.1) is 13.8 Å². The first-order valence-corrected chi connectivity index (χ1v) is 5.49. The first-order valence-electron chi connectivity index (χ1n) is 5.49. The molecule has 0 amide bonds. The van der Waals surface area contributed by atoms with E-state index in [0.717, 1.165) is 23.0 Å². The highest BCUT2D eigenvalue weighted by molar-refractivity contribution is 5.41. The molecule has 0 aromatic carbocycles. The summed E-state index contributed by atoms with van der Waals surface area (Å²) in [5, 5.41) is 3.12. The number of nitrogens with one attached hydrogen (secondary N) is 1. The van der Waals surface area contributed by atoms with Gasteiger partial charge in [-0.25, -0.2) is 15.0 Å². The fraction of sp³-hybridized carbons (Fsp3) is 0.364. The molecule has 2 aromatic heterocycles. The number of anilines is 1. The van der Waals surface area contributed by atoms with Crippen LogP contribution in [0.4, 0.5) is 5.82 Å². The van der Waals surface area contributed by atoms with Crippen LogP contribution in [0.15, 0.2) is 18.7 Å². The lowest BCUT2D eigenvalue weighted by atomic mass is 10.4. The van der Waals surface area contributed by atoms with Crippen molar-refractivity contribution in [3.63, 3.8) is 0 Å². The maximum absolute atomic E-state index is 5.43. The summed E-state index contributed by atoms with van der Waals surface area (Å²) in [6, 6.07) is 1.88. The molecule has 0 bridgehead atoms. The van der Waals surface area contributed by atoms with E-state index < -0.39 is 0 Å². The summed E-state index contributed by atoms with van der Waals surface area (Å²) in [7, 11) is 0. The van der Waals surface area contributed by atoms with Crippen LogP contribution in [0.5, 0.6) is 0 Å². The number of aryl methyl sites for hydroxylation is 1. The van der Waals surface area contributed by atoms with Crippen LogP contribution in [-0.4, -0.2) is 32.6 Å². The number of hydrogen-bond donors (Lipinski definition) is 2. The molecule has 0 atom stereocenters. The van der Waals surface area contributed by atoms with E-state index in [0.29, 0.717) is 13.1 Å². The molecule has 0 aliphatic rings. The molecule has 3 N–H and O–H groups in total. The van der Waals surface area contributed by atoms with Gasteiger partial charge in [-0.2, -0.15) is 0 Å². The molecule has 90 valence electrons. The summed E-state index contributed by atoms with van der Waals surface area (Å²) >= 11 is 0. The van der Waals surface area contributed by atoms with Gasteiger partial charge in [-0.15, -0.1) is 0 Å². The van der Waals surface area contributed by atoms with E-state index in [-0.39, 0.29) is 0 Å². The van der Waals surface area contributed by atoms with E-state index in [1.807, 2.05) is 24.5 Å². The first kappa shape index (κ1) is 11.5. The summed E-state index contributed by atoms with van der Waals surface area (Å²) in [4.78, 5) is 12.6. The van der Waals surface area contributed by atoms with Crippen molar-refractivity contribution in [3.8, 4) is 5.82 Å². The molecular formula is C11H16N6. The van der Waals surface area contributed by atoms with Gasteiger partial charge >= 0.3 is 0 Å². The third kappa shape index (κ3) is 2.42. The van der Waals surface area contributed by atoms with E-state index in [4.69, 9.17) is 5.73 Å². The predicted octanol–water partition coefficient (Wildman–Crippen LogP) is 0.650. The predicted molar refractivity (Wildman–Crippen MR) is 66.2 cm³/mol. The fourth-order valence-corrected chi connectivity index (χ4v) is 1.51. The average Bonchev–Trinajstić information content (AvgIpc) is 2.68. The zero-order valence-electron chi connectivity index (χ0n) is 10.0.